The van der Waals surface area contributed by atoms with Crippen LogP contribution in [-0.4, -0.2) is 57.3 Å². The van der Waals surface area contributed by atoms with E-state index >= 15 is 0 Å². The predicted molar refractivity (Wildman–Crippen MR) is 116 cm³/mol. The van der Waals surface area contributed by atoms with Gasteiger partial charge in [0.05, 0.1) is 17.7 Å². The van der Waals surface area contributed by atoms with E-state index in [9.17, 15) is 24.6 Å². The second-order valence-electron chi connectivity index (χ2n) is 7.65. The number of aliphatic hydroxyl groups excluding tert-OH is 1. The number of hydrogen-bond donors (Lipinski definition) is 4. The van der Waals surface area contributed by atoms with Gasteiger partial charge in [0.25, 0.3) is 0 Å². The number of aliphatic hydroxyl groups is 1. The van der Waals surface area contributed by atoms with Gasteiger partial charge in [-0.15, -0.1) is 0 Å². The molecule has 0 bridgehead atoms. The molecule has 1 atom stereocenters. The van der Waals surface area contributed by atoms with E-state index in [0.717, 1.165) is 0 Å². The Morgan fingerprint density at radius 3 is 2.48 bits per heavy atom. The van der Waals surface area contributed by atoms with Gasteiger partial charge >= 0.3 is 0 Å². The van der Waals surface area contributed by atoms with Gasteiger partial charge in [0.2, 0.25) is 0 Å². The number of hydrogen-bond acceptors (Lipinski definition) is 9. The Bertz CT molecular complexity index is 1060. The number of Topliss-reactive ketones (excluding diaryl/α,β-unsaturated/α-hetero) is 2. The number of carbonyl (C=O) groups excluding carboxylic acids is 3. The lowest BCUT2D eigenvalue weighted by atomic mass is 9.70. The highest BCUT2D eigenvalue weighted by Gasteiger charge is 2.56. The first kappa shape index (κ1) is 22.9. The summed E-state index contributed by atoms with van der Waals surface area (Å²) in [7, 11) is 0. The van der Waals surface area contributed by atoms with Crippen molar-refractivity contribution in [1.29, 1.82) is 0 Å². The third-order valence-corrected chi connectivity index (χ3v) is 6.60. The molecule has 0 amide bonds. The SMILES string of the molecule is CC(=O)c1c(O)c(C)c(O)c2c1OC1=CC(=O)C(=C(C)NCCSCCO)C(=O)C12C. The number of aromatic hydroxyl groups is 2. The third-order valence-electron chi connectivity index (χ3n) is 5.63. The molecule has 1 aromatic carbocycles. The molecule has 1 heterocycles. The van der Waals surface area contributed by atoms with Gasteiger partial charge in [-0.25, -0.2) is 0 Å². The first-order valence-corrected chi connectivity index (χ1v) is 10.9. The highest BCUT2D eigenvalue weighted by atomic mass is 32.2. The molecule has 0 fully saturated rings. The van der Waals surface area contributed by atoms with Crippen molar-refractivity contribution in [3.05, 3.63) is 39.8 Å². The maximum atomic E-state index is 13.6. The number of phenols is 2. The lowest BCUT2D eigenvalue weighted by molar-refractivity contribution is -0.123. The molecule has 2 aliphatic rings. The summed E-state index contributed by atoms with van der Waals surface area (Å²) in [5.74, 6) is -1.18. The molecule has 9 heteroatoms. The lowest BCUT2D eigenvalue weighted by Crippen LogP contribution is -2.41. The summed E-state index contributed by atoms with van der Waals surface area (Å²) in [5, 5.41) is 33.1. The number of nitrogens with one attached hydrogen (secondary N) is 1. The molecule has 1 unspecified atom stereocenters. The van der Waals surface area contributed by atoms with Crippen molar-refractivity contribution in [3.8, 4) is 17.2 Å². The Morgan fingerprint density at radius 2 is 1.87 bits per heavy atom. The number of benzene rings is 1. The molecule has 0 saturated heterocycles. The van der Waals surface area contributed by atoms with E-state index in [2.05, 4.69) is 5.32 Å². The Hall–Kier alpha value is -2.78. The van der Waals surface area contributed by atoms with Crippen LogP contribution in [0.3, 0.4) is 0 Å². The van der Waals surface area contributed by atoms with Crippen LogP contribution in [-0.2, 0) is 15.0 Å². The van der Waals surface area contributed by atoms with Gasteiger partial charge in [-0.05, 0) is 27.7 Å². The molecule has 0 saturated carbocycles. The van der Waals surface area contributed by atoms with Crippen LogP contribution in [0.15, 0.2) is 23.1 Å². The molecule has 4 N–H and O–H groups in total. The summed E-state index contributed by atoms with van der Waals surface area (Å²) in [5.41, 5.74) is -1.18. The molecular formula is C22H25NO7S. The largest absolute Gasteiger partial charge is 0.507 e. The van der Waals surface area contributed by atoms with Crippen molar-refractivity contribution in [3.63, 3.8) is 0 Å². The monoisotopic (exact) mass is 447 g/mol. The first-order chi connectivity index (χ1) is 14.6. The first-order valence-electron chi connectivity index (χ1n) is 9.79. The fourth-order valence-electron chi connectivity index (χ4n) is 3.93. The zero-order valence-corrected chi connectivity index (χ0v) is 18.6. The van der Waals surface area contributed by atoms with Crippen molar-refractivity contribution in [2.45, 2.75) is 33.1 Å². The second kappa shape index (κ2) is 8.39. The summed E-state index contributed by atoms with van der Waals surface area (Å²) in [6, 6.07) is 0. The molecule has 0 radical (unpaired) electrons. The van der Waals surface area contributed by atoms with Gasteiger partial charge in [-0.3, -0.25) is 14.4 Å². The Morgan fingerprint density at radius 1 is 1.19 bits per heavy atom. The summed E-state index contributed by atoms with van der Waals surface area (Å²) >= 11 is 1.53. The zero-order valence-electron chi connectivity index (χ0n) is 17.8. The van der Waals surface area contributed by atoms with Crippen LogP contribution < -0.4 is 10.1 Å². The van der Waals surface area contributed by atoms with E-state index in [-0.39, 0.29) is 46.1 Å². The maximum absolute atomic E-state index is 13.6. The highest BCUT2D eigenvalue weighted by molar-refractivity contribution is 7.99. The van der Waals surface area contributed by atoms with Crippen LogP contribution in [0.25, 0.3) is 0 Å². The van der Waals surface area contributed by atoms with Gasteiger partial charge in [0.15, 0.2) is 17.3 Å². The average molecular weight is 448 g/mol. The van der Waals surface area contributed by atoms with E-state index in [1.54, 1.807) is 6.92 Å². The summed E-state index contributed by atoms with van der Waals surface area (Å²) in [6.45, 7) is 6.42. The van der Waals surface area contributed by atoms with Crippen molar-refractivity contribution >= 4 is 29.1 Å². The number of carbonyl (C=O) groups is 3. The fourth-order valence-corrected chi connectivity index (χ4v) is 4.51. The normalized spacial score (nSPS) is 21.3. The number of allylic oxidation sites excluding steroid dienone is 4. The fraction of sp³-hybridized carbons (Fsp3) is 0.409. The quantitative estimate of drug-likeness (QED) is 0.214. The van der Waals surface area contributed by atoms with Crippen LogP contribution in [0.4, 0.5) is 0 Å². The highest BCUT2D eigenvalue weighted by Crippen LogP contribution is 2.57. The van der Waals surface area contributed by atoms with Crippen LogP contribution in [0.2, 0.25) is 0 Å². The smallest absolute Gasteiger partial charge is 0.194 e. The average Bonchev–Trinajstić information content (AvgIpc) is 2.99. The van der Waals surface area contributed by atoms with Gasteiger partial charge in [0.1, 0.15) is 34.0 Å². The molecular weight excluding hydrogens is 422 g/mol. The number of phenolic OH excluding ortho intramolecular Hbond substituents is 2. The topological polar surface area (TPSA) is 133 Å². The van der Waals surface area contributed by atoms with Crippen molar-refractivity contribution in [1.82, 2.24) is 5.32 Å². The minimum absolute atomic E-state index is 0.00958. The van der Waals surface area contributed by atoms with Crippen LogP contribution >= 0.6 is 11.8 Å². The lowest BCUT2D eigenvalue weighted by Gasteiger charge is -2.29. The Balaban J connectivity index is 2.10. The number of rotatable bonds is 7. The van der Waals surface area contributed by atoms with Gasteiger partial charge in [0, 0.05) is 35.4 Å². The molecule has 1 aromatic rings. The van der Waals surface area contributed by atoms with Crippen molar-refractivity contribution in [2.24, 2.45) is 0 Å². The Kier molecular flexibility index (Phi) is 6.20. The van der Waals surface area contributed by atoms with Crippen LogP contribution in [0.1, 0.15) is 42.3 Å². The van der Waals surface area contributed by atoms with E-state index in [1.807, 2.05) is 0 Å². The van der Waals surface area contributed by atoms with Crippen LogP contribution in [0.5, 0.6) is 17.2 Å². The van der Waals surface area contributed by atoms with E-state index in [4.69, 9.17) is 9.84 Å². The van der Waals surface area contributed by atoms with E-state index in [0.29, 0.717) is 23.7 Å². The van der Waals surface area contributed by atoms with Crippen molar-refractivity contribution in [2.75, 3.05) is 24.7 Å². The third kappa shape index (κ3) is 3.51. The molecule has 0 spiro atoms. The minimum Gasteiger partial charge on any atom is -0.507 e. The van der Waals surface area contributed by atoms with E-state index in [1.165, 1.54) is 38.6 Å². The molecule has 3 rings (SSSR count). The molecule has 8 nitrogen and oxygen atoms in total. The maximum Gasteiger partial charge on any atom is 0.194 e. The summed E-state index contributed by atoms with van der Waals surface area (Å²) in [4.78, 5) is 38.5. The molecule has 31 heavy (non-hydrogen) atoms. The van der Waals surface area contributed by atoms with Gasteiger partial charge in [-0.2, -0.15) is 11.8 Å². The Labute approximate surface area is 184 Å². The second-order valence-corrected chi connectivity index (χ2v) is 8.87. The summed E-state index contributed by atoms with van der Waals surface area (Å²) < 4.78 is 5.73. The molecule has 1 aliphatic carbocycles. The van der Waals surface area contributed by atoms with E-state index < -0.39 is 28.5 Å². The summed E-state index contributed by atoms with van der Waals surface area (Å²) in [6.07, 6.45) is 1.19. The number of ether oxygens (including phenoxy) is 1. The number of ketones is 3. The van der Waals surface area contributed by atoms with Crippen LogP contribution in [0, 0.1) is 6.92 Å². The van der Waals surface area contributed by atoms with Gasteiger partial charge in [-0.1, -0.05) is 0 Å². The predicted octanol–water partition coefficient (Wildman–Crippen LogP) is 1.88. The molecule has 0 aromatic heterocycles. The number of fused-ring (bicyclic) bond motifs is 3. The van der Waals surface area contributed by atoms with Gasteiger partial charge < -0.3 is 25.4 Å². The molecule has 166 valence electrons. The number of thioether (sulfide) groups is 1. The standard InChI is InChI=1S/C22H25NO7S/c1-10-18(27)16(12(3)25)20-17(19(10)28)22(4)14(30-20)9-13(26)15(21(22)29)11(2)23-5-7-31-8-6-24/h9,23-24,27-28H,5-8H2,1-4H3. The molecule has 1 aliphatic heterocycles. The van der Waals surface area contributed by atoms with Crippen molar-refractivity contribution < 1.29 is 34.4 Å². The zero-order chi connectivity index (χ0) is 23.1. The minimum atomic E-state index is -1.51.